The van der Waals surface area contributed by atoms with E-state index in [9.17, 15) is 10.1 Å². The fourth-order valence-corrected chi connectivity index (χ4v) is 1.88. The molecule has 0 aliphatic rings. The Morgan fingerprint density at radius 3 is 2.71 bits per heavy atom. The normalized spacial score (nSPS) is 10.2. The first-order chi connectivity index (χ1) is 8.08. The molecule has 0 spiro atoms. The Kier molecular flexibility index (Phi) is 3.37. The third kappa shape index (κ3) is 2.60. The SMILES string of the molecule is Cc1ccc(-c2cccc([N+](=O)[O-])c2)nc1I. The predicted molar refractivity (Wildman–Crippen MR) is 73.8 cm³/mol. The van der Waals surface area contributed by atoms with E-state index in [-0.39, 0.29) is 5.69 Å². The molecule has 2 aromatic rings. The highest BCUT2D eigenvalue weighted by atomic mass is 127. The molecule has 0 amide bonds. The van der Waals surface area contributed by atoms with Gasteiger partial charge in [0.05, 0.1) is 10.6 Å². The van der Waals surface area contributed by atoms with Gasteiger partial charge in [0.2, 0.25) is 0 Å². The van der Waals surface area contributed by atoms with Gasteiger partial charge < -0.3 is 0 Å². The van der Waals surface area contributed by atoms with Crippen LogP contribution in [-0.2, 0) is 0 Å². The Bertz CT molecular complexity index is 584. The van der Waals surface area contributed by atoms with Gasteiger partial charge in [0.15, 0.2) is 0 Å². The van der Waals surface area contributed by atoms with E-state index < -0.39 is 4.92 Å². The Balaban J connectivity index is 2.49. The number of nitrogens with zero attached hydrogens (tertiary/aromatic N) is 2. The minimum Gasteiger partial charge on any atom is -0.258 e. The van der Waals surface area contributed by atoms with Crippen molar-refractivity contribution in [1.29, 1.82) is 0 Å². The lowest BCUT2D eigenvalue weighted by Crippen LogP contribution is -1.92. The first-order valence-electron chi connectivity index (χ1n) is 4.96. The zero-order valence-electron chi connectivity index (χ0n) is 9.05. The Hall–Kier alpha value is -1.50. The van der Waals surface area contributed by atoms with E-state index in [1.807, 2.05) is 25.1 Å². The number of hydrogen-bond donors (Lipinski definition) is 0. The van der Waals surface area contributed by atoms with Crippen molar-refractivity contribution in [2.45, 2.75) is 6.92 Å². The molecule has 1 heterocycles. The van der Waals surface area contributed by atoms with Crippen LogP contribution in [0.2, 0.25) is 0 Å². The van der Waals surface area contributed by atoms with E-state index in [2.05, 4.69) is 27.6 Å². The Morgan fingerprint density at radius 1 is 1.29 bits per heavy atom. The highest BCUT2D eigenvalue weighted by Gasteiger charge is 2.08. The topological polar surface area (TPSA) is 56.0 Å². The Labute approximate surface area is 112 Å². The van der Waals surface area contributed by atoms with Crippen molar-refractivity contribution in [3.8, 4) is 11.3 Å². The van der Waals surface area contributed by atoms with Gasteiger partial charge in [-0.1, -0.05) is 18.2 Å². The average molecular weight is 340 g/mol. The molecule has 1 aromatic carbocycles. The van der Waals surface area contributed by atoms with Gasteiger partial charge >= 0.3 is 0 Å². The largest absolute Gasteiger partial charge is 0.270 e. The molecule has 0 saturated carbocycles. The second-order valence-corrected chi connectivity index (χ2v) is 4.63. The van der Waals surface area contributed by atoms with Crippen LogP contribution in [0.5, 0.6) is 0 Å². The molecule has 86 valence electrons. The second-order valence-electron chi connectivity index (χ2n) is 3.61. The van der Waals surface area contributed by atoms with Crippen LogP contribution in [0.25, 0.3) is 11.3 Å². The first-order valence-corrected chi connectivity index (χ1v) is 6.04. The smallest absolute Gasteiger partial charge is 0.258 e. The molecular formula is C12H9IN2O2. The van der Waals surface area contributed by atoms with Gasteiger partial charge in [-0.25, -0.2) is 4.98 Å². The van der Waals surface area contributed by atoms with Gasteiger partial charge in [0.1, 0.15) is 3.70 Å². The number of nitro benzene ring substituents is 1. The molecule has 0 atom stereocenters. The summed E-state index contributed by atoms with van der Waals surface area (Å²) in [6.07, 6.45) is 0. The number of non-ortho nitro benzene ring substituents is 1. The van der Waals surface area contributed by atoms with Crippen LogP contribution >= 0.6 is 22.6 Å². The van der Waals surface area contributed by atoms with Gasteiger partial charge in [-0.3, -0.25) is 10.1 Å². The molecule has 0 aliphatic heterocycles. The van der Waals surface area contributed by atoms with Crippen LogP contribution in [0.1, 0.15) is 5.56 Å². The molecule has 0 bridgehead atoms. The standard InChI is InChI=1S/C12H9IN2O2/c1-8-5-6-11(14-12(8)13)9-3-2-4-10(7-9)15(16)17/h2-7H,1H3. The van der Waals surface area contributed by atoms with Crippen molar-refractivity contribution in [3.05, 3.63) is 55.8 Å². The molecule has 0 fully saturated rings. The minimum absolute atomic E-state index is 0.0832. The number of pyridine rings is 1. The summed E-state index contributed by atoms with van der Waals surface area (Å²) in [5.41, 5.74) is 2.69. The summed E-state index contributed by atoms with van der Waals surface area (Å²) in [7, 11) is 0. The van der Waals surface area contributed by atoms with E-state index in [1.54, 1.807) is 6.07 Å². The highest BCUT2D eigenvalue weighted by molar-refractivity contribution is 14.1. The number of nitro groups is 1. The number of aromatic nitrogens is 1. The van der Waals surface area contributed by atoms with Crippen LogP contribution in [0.15, 0.2) is 36.4 Å². The highest BCUT2D eigenvalue weighted by Crippen LogP contribution is 2.23. The van der Waals surface area contributed by atoms with E-state index in [0.717, 1.165) is 20.5 Å². The molecule has 0 unspecified atom stereocenters. The minimum atomic E-state index is -0.400. The maximum Gasteiger partial charge on any atom is 0.270 e. The van der Waals surface area contributed by atoms with Crippen LogP contribution in [0.4, 0.5) is 5.69 Å². The molecule has 5 heteroatoms. The van der Waals surface area contributed by atoms with Crippen molar-refractivity contribution >= 4 is 28.3 Å². The van der Waals surface area contributed by atoms with E-state index in [0.29, 0.717) is 0 Å². The van der Waals surface area contributed by atoms with Crippen molar-refractivity contribution in [2.75, 3.05) is 0 Å². The molecule has 1 aromatic heterocycles. The van der Waals surface area contributed by atoms with Crippen molar-refractivity contribution in [2.24, 2.45) is 0 Å². The van der Waals surface area contributed by atoms with Crippen LogP contribution in [0, 0.1) is 20.7 Å². The summed E-state index contributed by atoms with van der Waals surface area (Å²) < 4.78 is 0.909. The molecule has 4 nitrogen and oxygen atoms in total. The lowest BCUT2D eigenvalue weighted by molar-refractivity contribution is -0.384. The van der Waals surface area contributed by atoms with Crippen LogP contribution in [0.3, 0.4) is 0 Å². The summed E-state index contributed by atoms with van der Waals surface area (Å²) in [6.45, 7) is 1.98. The number of halogens is 1. The summed E-state index contributed by atoms with van der Waals surface area (Å²) >= 11 is 2.15. The van der Waals surface area contributed by atoms with Gasteiger partial charge in [0, 0.05) is 17.7 Å². The summed E-state index contributed by atoms with van der Waals surface area (Å²) in [6, 6.07) is 10.3. The first kappa shape index (κ1) is 12.0. The van der Waals surface area contributed by atoms with Gasteiger partial charge in [-0.15, -0.1) is 0 Å². The lowest BCUT2D eigenvalue weighted by Gasteiger charge is -2.03. The van der Waals surface area contributed by atoms with Gasteiger partial charge in [-0.2, -0.15) is 0 Å². The van der Waals surface area contributed by atoms with E-state index in [1.165, 1.54) is 12.1 Å². The van der Waals surface area contributed by atoms with Gasteiger partial charge in [-0.05, 0) is 41.1 Å². The van der Waals surface area contributed by atoms with Crippen LogP contribution < -0.4 is 0 Å². The molecule has 0 aliphatic carbocycles. The third-order valence-electron chi connectivity index (χ3n) is 2.39. The number of benzene rings is 1. The molecule has 2 rings (SSSR count). The van der Waals surface area contributed by atoms with E-state index >= 15 is 0 Å². The van der Waals surface area contributed by atoms with Crippen LogP contribution in [-0.4, -0.2) is 9.91 Å². The molecular weight excluding hydrogens is 331 g/mol. The zero-order valence-corrected chi connectivity index (χ0v) is 11.2. The van der Waals surface area contributed by atoms with Crippen molar-refractivity contribution in [3.63, 3.8) is 0 Å². The quantitative estimate of drug-likeness (QED) is 0.363. The summed E-state index contributed by atoms with van der Waals surface area (Å²) in [5, 5.41) is 10.7. The van der Waals surface area contributed by atoms with Crippen molar-refractivity contribution < 1.29 is 4.92 Å². The number of aryl methyl sites for hydroxylation is 1. The third-order valence-corrected chi connectivity index (χ3v) is 3.48. The number of rotatable bonds is 2. The molecule has 0 N–H and O–H groups in total. The molecule has 0 radical (unpaired) electrons. The summed E-state index contributed by atoms with van der Waals surface area (Å²) in [5.74, 6) is 0. The second kappa shape index (κ2) is 4.79. The fourth-order valence-electron chi connectivity index (χ4n) is 1.44. The number of hydrogen-bond acceptors (Lipinski definition) is 3. The monoisotopic (exact) mass is 340 g/mol. The van der Waals surface area contributed by atoms with Gasteiger partial charge in [0.25, 0.3) is 5.69 Å². The predicted octanol–water partition coefficient (Wildman–Crippen LogP) is 3.57. The average Bonchev–Trinajstić information content (AvgIpc) is 2.33. The summed E-state index contributed by atoms with van der Waals surface area (Å²) in [4.78, 5) is 14.7. The molecule has 17 heavy (non-hydrogen) atoms. The fraction of sp³-hybridized carbons (Fsp3) is 0.0833. The Morgan fingerprint density at radius 2 is 2.06 bits per heavy atom. The molecule has 0 saturated heterocycles. The zero-order chi connectivity index (χ0) is 12.4. The maximum absolute atomic E-state index is 10.7. The lowest BCUT2D eigenvalue weighted by atomic mass is 10.1. The maximum atomic E-state index is 10.7. The van der Waals surface area contributed by atoms with E-state index in [4.69, 9.17) is 0 Å². The van der Waals surface area contributed by atoms with Crippen molar-refractivity contribution in [1.82, 2.24) is 4.98 Å².